The first-order valence-electron chi connectivity index (χ1n) is 11.1. The van der Waals surface area contributed by atoms with Crippen LogP contribution in [0.2, 0.25) is 0 Å². The first kappa shape index (κ1) is 17.9. The van der Waals surface area contributed by atoms with E-state index in [1.807, 2.05) is 6.07 Å². The first-order chi connectivity index (χ1) is 14.2. The molecule has 6 heteroatoms. The third-order valence-corrected chi connectivity index (χ3v) is 8.70. The van der Waals surface area contributed by atoms with Crippen LogP contribution in [0.25, 0.3) is 10.6 Å². The molecule has 5 nitrogen and oxygen atoms in total. The van der Waals surface area contributed by atoms with Gasteiger partial charge in [-0.2, -0.15) is 0 Å². The summed E-state index contributed by atoms with van der Waals surface area (Å²) in [5, 5.41) is 10.9. The minimum atomic E-state index is -0.0148. The summed E-state index contributed by atoms with van der Waals surface area (Å²) < 4.78 is 0. The van der Waals surface area contributed by atoms with E-state index in [1.165, 1.54) is 19.3 Å². The minimum Gasteiger partial charge on any atom is -0.352 e. The fraction of sp³-hybridized carbons (Fsp3) is 0.609. The SMILES string of the molecule is O=C(N1CCN(c2ccc(-c3cccs3)nn2)CC1)C12CC3CC(CC(C3)C1)C2. The predicted octanol–water partition coefficient (Wildman–Crippen LogP) is 4.07. The molecule has 4 aliphatic carbocycles. The lowest BCUT2D eigenvalue weighted by Gasteiger charge is -2.57. The quantitative estimate of drug-likeness (QED) is 0.768. The standard InChI is InChI=1S/C23H28N4OS/c28-22(23-13-16-10-17(14-23)12-18(11-16)15-23)27-7-5-26(6-8-27)21-4-3-19(24-25-21)20-2-1-9-29-20/h1-4,9,16-18H,5-8,10-15H2. The number of aromatic nitrogens is 2. The van der Waals surface area contributed by atoms with Crippen LogP contribution in [-0.2, 0) is 4.79 Å². The number of anilines is 1. The zero-order valence-corrected chi connectivity index (χ0v) is 17.6. The van der Waals surface area contributed by atoms with Crippen molar-refractivity contribution in [2.75, 3.05) is 31.1 Å². The van der Waals surface area contributed by atoms with Crippen molar-refractivity contribution < 1.29 is 4.79 Å². The Labute approximate surface area is 176 Å². The molecule has 0 unspecified atom stereocenters. The van der Waals surface area contributed by atoms with Crippen LogP contribution >= 0.6 is 11.3 Å². The molecular formula is C23H28N4OS. The molecule has 2 aromatic rings. The van der Waals surface area contributed by atoms with Crippen molar-refractivity contribution in [3.8, 4) is 10.6 Å². The maximum atomic E-state index is 13.6. The first-order valence-corrected chi connectivity index (χ1v) is 12.0. The van der Waals surface area contributed by atoms with Crippen LogP contribution in [0.15, 0.2) is 29.6 Å². The molecule has 0 atom stereocenters. The molecular weight excluding hydrogens is 380 g/mol. The van der Waals surface area contributed by atoms with Gasteiger partial charge in [0.25, 0.3) is 0 Å². The van der Waals surface area contributed by atoms with E-state index < -0.39 is 0 Å². The van der Waals surface area contributed by atoms with Crippen molar-refractivity contribution >= 4 is 23.1 Å². The fourth-order valence-corrected chi connectivity index (χ4v) is 7.59. The highest BCUT2D eigenvalue weighted by atomic mass is 32.1. The number of carbonyl (C=O) groups excluding carboxylic acids is 1. The van der Waals surface area contributed by atoms with Gasteiger partial charge in [-0.05, 0) is 79.9 Å². The number of nitrogens with zero attached hydrogens (tertiary/aromatic N) is 4. The van der Waals surface area contributed by atoms with Crippen molar-refractivity contribution in [3.63, 3.8) is 0 Å². The Hall–Kier alpha value is -1.95. The van der Waals surface area contributed by atoms with Gasteiger partial charge in [0.05, 0.1) is 10.3 Å². The normalized spacial score (nSPS) is 33.3. The largest absolute Gasteiger partial charge is 0.352 e. The molecule has 3 heterocycles. The lowest BCUT2D eigenvalue weighted by Crippen LogP contribution is -2.58. The number of amides is 1. The van der Waals surface area contributed by atoms with E-state index in [0.29, 0.717) is 5.91 Å². The third-order valence-electron chi connectivity index (χ3n) is 7.81. The van der Waals surface area contributed by atoms with E-state index >= 15 is 0 Å². The van der Waals surface area contributed by atoms with Crippen LogP contribution in [0, 0.1) is 23.2 Å². The number of hydrogen-bond acceptors (Lipinski definition) is 5. The second kappa shape index (κ2) is 6.79. The highest BCUT2D eigenvalue weighted by Crippen LogP contribution is 2.60. The average Bonchev–Trinajstić information content (AvgIpc) is 3.27. The van der Waals surface area contributed by atoms with Gasteiger partial charge in [-0.25, -0.2) is 0 Å². The molecule has 0 aromatic carbocycles. The molecule has 29 heavy (non-hydrogen) atoms. The second-order valence-electron chi connectivity index (χ2n) is 9.73. The van der Waals surface area contributed by atoms with Gasteiger partial charge < -0.3 is 9.80 Å². The molecule has 5 aliphatic rings. The Morgan fingerprint density at radius 3 is 2.17 bits per heavy atom. The molecule has 1 saturated heterocycles. The fourth-order valence-electron chi connectivity index (χ4n) is 6.90. The Kier molecular flexibility index (Phi) is 4.19. The van der Waals surface area contributed by atoms with Gasteiger partial charge in [0.15, 0.2) is 5.82 Å². The lowest BCUT2D eigenvalue weighted by atomic mass is 9.49. The van der Waals surface area contributed by atoms with Gasteiger partial charge in [-0.1, -0.05) is 6.07 Å². The summed E-state index contributed by atoms with van der Waals surface area (Å²) in [5.74, 6) is 3.86. The molecule has 7 rings (SSSR count). The van der Waals surface area contributed by atoms with Crippen LogP contribution in [0.5, 0.6) is 0 Å². The predicted molar refractivity (Wildman–Crippen MR) is 115 cm³/mol. The molecule has 0 spiro atoms. The Morgan fingerprint density at radius 1 is 0.931 bits per heavy atom. The van der Waals surface area contributed by atoms with E-state index in [9.17, 15) is 4.79 Å². The Morgan fingerprint density at radius 2 is 1.62 bits per heavy atom. The molecule has 152 valence electrons. The molecule has 1 amide bonds. The zero-order valence-electron chi connectivity index (χ0n) is 16.8. The number of rotatable bonds is 3. The molecule has 5 fully saturated rings. The molecule has 0 radical (unpaired) electrons. The van der Waals surface area contributed by atoms with E-state index in [4.69, 9.17) is 0 Å². The summed E-state index contributed by atoms with van der Waals surface area (Å²) in [6, 6.07) is 8.23. The highest BCUT2D eigenvalue weighted by molar-refractivity contribution is 7.13. The van der Waals surface area contributed by atoms with Crippen LogP contribution in [0.4, 0.5) is 5.82 Å². The van der Waals surface area contributed by atoms with Crippen LogP contribution in [-0.4, -0.2) is 47.2 Å². The number of hydrogen-bond donors (Lipinski definition) is 0. The van der Waals surface area contributed by atoms with Crippen LogP contribution in [0.3, 0.4) is 0 Å². The van der Waals surface area contributed by atoms with Gasteiger partial charge in [0.2, 0.25) is 5.91 Å². The number of piperazine rings is 1. The van der Waals surface area contributed by atoms with Crippen LogP contribution in [0.1, 0.15) is 38.5 Å². The van der Waals surface area contributed by atoms with Gasteiger partial charge in [-0.3, -0.25) is 4.79 Å². The highest BCUT2D eigenvalue weighted by Gasteiger charge is 2.55. The smallest absolute Gasteiger partial charge is 0.228 e. The summed E-state index contributed by atoms with van der Waals surface area (Å²) in [5.41, 5.74) is 0.915. The van der Waals surface area contributed by atoms with Gasteiger partial charge in [0, 0.05) is 26.2 Å². The van der Waals surface area contributed by atoms with E-state index in [2.05, 4.69) is 43.6 Å². The molecule has 2 aromatic heterocycles. The lowest BCUT2D eigenvalue weighted by molar-refractivity contribution is -0.158. The summed E-state index contributed by atoms with van der Waals surface area (Å²) in [7, 11) is 0. The summed E-state index contributed by atoms with van der Waals surface area (Å²) in [4.78, 5) is 19.1. The summed E-state index contributed by atoms with van der Waals surface area (Å²) >= 11 is 1.68. The summed E-state index contributed by atoms with van der Waals surface area (Å²) in [6.45, 7) is 3.33. The van der Waals surface area contributed by atoms with Crippen molar-refractivity contribution in [1.82, 2.24) is 15.1 Å². The average molecular weight is 409 g/mol. The second-order valence-corrected chi connectivity index (χ2v) is 10.7. The van der Waals surface area contributed by atoms with Crippen molar-refractivity contribution in [1.29, 1.82) is 0 Å². The number of carbonyl (C=O) groups is 1. The molecule has 4 saturated carbocycles. The van der Waals surface area contributed by atoms with Gasteiger partial charge in [0.1, 0.15) is 5.69 Å². The van der Waals surface area contributed by atoms with Crippen LogP contribution < -0.4 is 4.90 Å². The zero-order chi connectivity index (χ0) is 19.4. The van der Waals surface area contributed by atoms with E-state index in [0.717, 1.165) is 79.6 Å². The summed E-state index contributed by atoms with van der Waals surface area (Å²) in [6.07, 6.45) is 7.65. The molecule has 4 bridgehead atoms. The molecule has 1 aliphatic heterocycles. The Balaban J connectivity index is 1.11. The van der Waals surface area contributed by atoms with E-state index in [-0.39, 0.29) is 5.41 Å². The maximum Gasteiger partial charge on any atom is 0.228 e. The van der Waals surface area contributed by atoms with Crippen molar-refractivity contribution in [3.05, 3.63) is 29.6 Å². The third kappa shape index (κ3) is 3.07. The van der Waals surface area contributed by atoms with Gasteiger partial charge >= 0.3 is 0 Å². The molecule has 0 N–H and O–H groups in total. The van der Waals surface area contributed by atoms with E-state index in [1.54, 1.807) is 11.3 Å². The maximum absolute atomic E-state index is 13.6. The monoisotopic (exact) mass is 408 g/mol. The van der Waals surface area contributed by atoms with Gasteiger partial charge in [-0.15, -0.1) is 21.5 Å². The number of thiophene rings is 1. The topological polar surface area (TPSA) is 49.3 Å². The van der Waals surface area contributed by atoms with Crippen molar-refractivity contribution in [2.45, 2.75) is 38.5 Å². The Bertz CT molecular complexity index is 851. The minimum absolute atomic E-state index is 0.0148. The van der Waals surface area contributed by atoms with Crippen molar-refractivity contribution in [2.24, 2.45) is 23.2 Å².